The van der Waals surface area contributed by atoms with Crippen molar-refractivity contribution in [3.63, 3.8) is 0 Å². The second-order valence-corrected chi connectivity index (χ2v) is 4.64. The average molecular weight is 285 g/mol. The van der Waals surface area contributed by atoms with E-state index >= 15 is 0 Å². The maximum absolute atomic E-state index is 12.4. The Kier molecular flexibility index (Phi) is 4.77. The fourth-order valence-electron chi connectivity index (χ4n) is 2.03. The molecule has 0 bridgehead atoms. The van der Waals surface area contributed by atoms with E-state index in [2.05, 4.69) is 10.3 Å². The Labute approximate surface area is 124 Å². The number of benzene rings is 1. The summed E-state index contributed by atoms with van der Waals surface area (Å²) in [6.45, 7) is 4.72. The molecule has 0 saturated heterocycles. The second kappa shape index (κ2) is 6.74. The monoisotopic (exact) mass is 285 g/mol. The van der Waals surface area contributed by atoms with E-state index in [0.717, 1.165) is 11.1 Å². The predicted molar refractivity (Wildman–Crippen MR) is 82.2 cm³/mol. The van der Waals surface area contributed by atoms with Gasteiger partial charge in [-0.05, 0) is 43.2 Å². The van der Waals surface area contributed by atoms with Gasteiger partial charge in [-0.2, -0.15) is 0 Å². The molecular formula is C16H19N3O2. The highest BCUT2D eigenvalue weighted by Gasteiger charge is 2.15. The zero-order chi connectivity index (χ0) is 15.2. The molecule has 2 aromatic rings. The largest absolute Gasteiger partial charge is 0.493 e. The average Bonchev–Trinajstić information content (AvgIpc) is 2.47. The van der Waals surface area contributed by atoms with Gasteiger partial charge >= 0.3 is 0 Å². The van der Waals surface area contributed by atoms with E-state index in [9.17, 15) is 4.79 Å². The van der Waals surface area contributed by atoms with Crippen molar-refractivity contribution in [2.75, 3.05) is 12.3 Å². The molecule has 1 aromatic heterocycles. The number of amides is 1. The van der Waals surface area contributed by atoms with Crippen LogP contribution in [0.5, 0.6) is 5.75 Å². The summed E-state index contributed by atoms with van der Waals surface area (Å²) in [7, 11) is 0. The minimum absolute atomic E-state index is 0.243. The van der Waals surface area contributed by atoms with E-state index in [1.54, 1.807) is 30.6 Å². The smallest absolute Gasteiger partial charge is 0.257 e. The molecular weight excluding hydrogens is 266 g/mol. The molecule has 0 atom stereocenters. The molecule has 2 rings (SSSR count). The van der Waals surface area contributed by atoms with Crippen LogP contribution in [0, 0.1) is 6.92 Å². The van der Waals surface area contributed by atoms with Crippen LogP contribution >= 0.6 is 0 Å². The molecule has 3 N–H and O–H groups in total. The SMILES string of the molecule is CCOc1cccc(N)c1C(=O)NCc1ccncc1C. The van der Waals surface area contributed by atoms with Crippen molar-refractivity contribution in [2.45, 2.75) is 20.4 Å². The van der Waals surface area contributed by atoms with Gasteiger partial charge in [-0.1, -0.05) is 6.07 Å². The van der Waals surface area contributed by atoms with Gasteiger partial charge in [0.1, 0.15) is 11.3 Å². The van der Waals surface area contributed by atoms with Crippen LogP contribution in [0.3, 0.4) is 0 Å². The summed E-state index contributed by atoms with van der Waals surface area (Å²) >= 11 is 0. The normalized spacial score (nSPS) is 10.2. The number of carbonyl (C=O) groups excluding carboxylic acids is 1. The van der Waals surface area contributed by atoms with Crippen molar-refractivity contribution < 1.29 is 9.53 Å². The molecule has 1 amide bonds. The third-order valence-corrected chi connectivity index (χ3v) is 3.16. The van der Waals surface area contributed by atoms with Gasteiger partial charge in [0.05, 0.1) is 6.61 Å². The number of hydrogen-bond acceptors (Lipinski definition) is 4. The Morgan fingerprint density at radius 3 is 2.90 bits per heavy atom. The number of carbonyl (C=O) groups is 1. The van der Waals surface area contributed by atoms with Crippen LogP contribution in [0.2, 0.25) is 0 Å². The Morgan fingerprint density at radius 2 is 2.19 bits per heavy atom. The minimum Gasteiger partial charge on any atom is -0.493 e. The fraction of sp³-hybridized carbons (Fsp3) is 0.250. The summed E-state index contributed by atoms with van der Waals surface area (Å²) in [6.07, 6.45) is 3.47. The molecule has 0 fully saturated rings. The maximum atomic E-state index is 12.4. The first kappa shape index (κ1) is 14.8. The summed E-state index contributed by atoms with van der Waals surface area (Å²) in [5, 5.41) is 2.87. The van der Waals surface area contributed by atoms with Crippen LogP contribution in [0.1, 0.15) is 28.4 Å². The zero-order valence-electron chi connectivity index (χ0n) is 12.2. The standard InChI is InChI=1S/C16H19N3O2/c1-3-21-14-6-4-5-13(17)15(14)16(20)19-10-12-7-8-18-9-11(12)2/h4-9H,3,10,17H2,1-2H3,(H,19,20). The van der Waals surface area contributed by atoms with Crippen molar-refractivity contribution in [1.29, 1.82) is 0 Å². The van der Waals surface area contributed by atoms with Gasteiger partial charge in [-0.15, -0.1) is 0 Å². The molecule has 0 aliphatic carbocycles. The topological polar surface area (TPSA) is 77.2 Å². The Balaban J connectivity index is 2.16. The minimum atomic E-state index is -0.243. The molecule has 1 heterocycles. The van der Waals surface area contributed by atoms with Crippen LogP contribution in [0.4, 0.5) is 5.69 Å². The maximum Gasteiger partial charge on any atom is 0.257 e. The highest BCUT2D eigenvalue weighted by molar-refractivity contribution is 6.01. The molecule has 5 nitrogen and oxygen atoms in total. The van der Waals surface area contributed by atoms with Gasteiger partial charge in [0, 0.05) is 24.6 Å². The second-order valence-electron chi connectivity index (χ2n) is 4.64. The number of nitrogens with two attached hydrogens (primary N) is 1. The molecule has 0 radical (unpaired) electrons. The highest BCUT2D eigenvalue weighted by Crippen LogP contribution is 2.24. The lowest BCUT2D eigenvalue weighted by Gasteiger charge is -2.13. The third kappa shape index (κ3) is 3.51. The molecule has 5 heteroatoms. The van der Waals surface area contributed by atoms with E-state index in [4.69, 9.17) is 10.5 Å². The number of nitrogen functional groups attached to an aromatic ring is 1. The molecule has 0 saturated carbocycles. The predicted octanol–water partition coefficient (Wildman–Crippen LogP) is 2.30. The van der Waals surface area contributed by atoms with Crippen molar-refractivity contribution in [1.82, 2.24) is 10.3 Å². The van der Waals surface area contributed by atoms with Crippen LogP contribution in [0.15, 0.2) is 36.7 Å². The van der Waals surface area contributed by atoms with Crippen LogP contribution in [-0.4, -0.2) is 17.5 Å². The molecule has 110 valence electrons. The molecule has 0 aliphatic rings. The molecule has 0 aliphatic heterocycles. The number of nitrogens with zero attached hydrogens (tertiary/aromatic N) is 1. The van der Waals surface area contributed by atoms with E-state index in [1.165, 1.54) is 0 Å². The lowest BCUT2D eigenvalue weighted by molar-refractivity contribution is 0.0948. The zero-order valence-corrected chi connectivity index (χ0v) is 12.2. The van der Waals surface area contributed by atoms with Gasteiger partial charge in [-0.3, -0.25) is 9.78 Å². The number of rotatable bonds is 5. The van der Waals surface area contributed by atoms with Gasteiger partial charge in [0.2, 0.25) is 0 Å². The van der Waals surface area contributed by atoms with Crippen molar-refractivity contribution in [3.8, 4) is 5.75 Å². The van der Waals surface area contributed by atoms with Gasteiger partial charge in [-0.25, -0.2) is 0 Å². The van der Waals surface area contributed by atoms with Crippen LogP contribution in [-0.2, 0) is 6.54 Å². The van der Waals surface area contributed by atoms with E-state index in [1.807, 2.05) is 19.9 Å². The summed E-state index contributed by atoms with van der Waals surface area (Å²) in [4.78, 5) is 16.4. The van der Waals surface area contributed by atoms with Crippen molar-refractivity contribution in [2.24, 2.45) is 0 Å². The first-order chi connectivity index (χ1) is 10.1. The van der Waals surface area contributed by atoms with Crippen molar-refractivity contribution >= 4 is 11.6 Å². The Morgan fingerprint density at radius 1 is 1.38 bits per heavy atom. The van der Waals surface area contributed by atoms with E-state index in [-0.39, 0.29) is 5.91 Å². The highest BCUT2D eigenvalue weighted by atomic mass is 16.5. The van der Waals surface area contributed by atoms with Crippen molar-refractivity contribution in [3.05, 3.63) is 53.3 Å². The van der Waals surface area contributed by atoms with Crippen LogP contribution < -0.4 is 15.8 Å². The third-order valence-electron chi connectivity index (χ3n) is 3.16. The first-order valence-corrected chi connectivity index (χ1v) is 6.82. The number of hydrogen-bond donors (Lipinski definition) is 2. The number of nitrogens with one attached hydrogen (secondary N) is 1. The molecule has 0 unspecified atom stereocenters. The summed E-state index contributed by atoms with van der Waals surface area (Å²) in [5.74, 6) is 0.259. The van der Waals surface area contributed by atoms with Gasteiger partial charge < -0.3 is 15.8 Å². The number of pyridine rings is 1. The lowest BCUT2D eigenvalue weighted by atomic mass is 10.1. The fourth-order valence-corrected chi connectivity index (χ4v) is 2.03. The number of ether oxygens (including phenoxy) is 1. The lowest BCUT2D eigenvalue weighted by Crippen LogP contribution is -2.25. The summed E-state index contributed by atoms with van der Waals surface area (Å²) in [6, 6.07) is 7.08. The van der Waals surface area contributed by atoms with Crippen LogP contribution in [0.25, 0.3) is 0 Å². The molecule has 0 spiro atoms. The van der Waals surface area contributed by atoms with E-state index in [0.29, 0.717) is 30.2 Å². The van der Waals surface area contributed by atoms with Gasteiger partial charge in [0.15, 0.2) is 0 Å². The Hall–Kier alpha value is -2.56. The molecule has 21 heavy (non-hydrogen) atoms. The quantitative estimate of drug-likeness (QED) is 0.826. The summed E-state index contributed by atoms with van der Waals surface area (Å²) < 4.78 is 5.46. The Bertz CT molecular complexity index is 641. The first-order valence-electron chi connectivity index (χ1n) is 6.82. The van der Waals surface area contributed by atoms with Gasteiger partial charge in [0.25, 0.3) is 5.91 Å². The summed E-state index contributed by atoms with van der Waals surface area (Å²) in [5.41, 5.74) is 8.74. The number of aryl methyl sites for hydroxylation is 1. The number of anilines is 1. The van der Waals surface area contributed by atoms with E-state index < -0.39 is 0 Å². The molecule has 1 aromatic carbocycles. The number of aromatic nitrogens is 1.